The Balaban J connectivity index is 2.09. The van der Waals surface area contributed by atoms with Crippen molar-refractivity contribution in [2.75, 3.05) is 6.61 Å². The van der Waals surface area contributed by atoms with Gasteiger partial charge in [-0.15, -0.1) is 11.6 Å². The molecule has 0 N–H and O–H groups in total. The summed E-state index contributed by atoms with van der Waals surface area (Å²) in [5.74, 6) is 0.429. The minimum atomic E-state index is 0.0127. The van der Waals surface area contributed by atoms with Crippen molar-refractivity contribution in [2.24, 2.45) is 0 Å². The van der Waals surface area contributed by atoms with E-state index in [9.17, 15) is 0 Å². The molecule has 1 aliphatic heterocycles. The lowest BCUT2D eigenvalue weighted by molar-refractivity contribution is -0.0403. The van der Waals surface area contributed by atoms with Crippen molar-refractivity contribution in [3.05, 3.63) is 28.9 Å². The van der Waals surface area contributed by atoms with Gasteiger partial charge < -0.3 is 4.74 Å². The summed E-state index contributed by atoms with van der Waals surface area (Å²) in [6.07, 6.45) is 3.30. The van der Waals surface area contributed by atoms with Crippen LogP contribution in [0.1, 0.15) is 31.2 Å². The SMILES string of the molecule is ClCc1c2ccc(Cl)cc2nn1C1CCCCO1. The third kappa shape index (κ3) is 2.11. The first-order chi connectivity index (χ1) is 8.79. The summed E-state index contributed by atoms with van der Waals surface area (Å²) in [5.41, 5.74) is 1.89. The molecule has 1 unspecified atom stereocenters. The Labute approximate surface area is 116 Å². The Morgan fingerprint density at radius 3 is 3.00 bits per heavy atom. The van der Waals surface area contributed by atoms with Gasteiger partial charge in [-0.2, -0.15) is 5.10 Å². The Kier molecular flexibility index (Phi) is 3.46. The normalized spacial score (nSPS) is 20.4. The van der Waals surface area contributed by atoms with Gasteiger partial charge in [0.15, 0.2) is 6.23 Å². The summed E-state index contributed by atoms with van der Waals surface area (Å²) in [7, 11) is 0. The molecule has 0 radical (unpaired) electrons. The quantitative estimate of drug-likeness (QED) is 0.776. The number of nitrogens with zero attached hydrogens (tertiary/aromatic N) is 2. The van der Waals surface area contributed by atoms with E-state index in [1.165, 1.54) is 6.42 Å². The number of rotatable bonds is 2. The molecular weight excluding hydrogens is 271 g/mol. The van der Waals surface area contributed by atoms with Crippen molar-refractivity contribution in [2.45, 2.75) is 31.4 Å². The number of aromatic nitrogens is 2. The summed E-state index contributed by atoms with van der Waals surface area (Å²) in [5, 5.41) is 6.34. The average molecular weight is 285 g/mol. The Morgan fingerprint density at radius 1 is 1.39 bits per heavy atom. The molecule has 0 saturated carbocycles. The third-order valence-electron chi connectivity index (χ3n) is 3.32. The number of hydrogen-bond donors (Lipinski definition) is 0. The minimum Gasteiger partial charge on any atom is -0.357 e. The van der Waals surface area contributed by atoms with E-state index in [2.05, 4.69) is 5.10 Å². The van der Waals surface area contributed by atoms with Crippen molar-refractivity contribution in [3.63, 3.8) is 0 Å². The topological polar surface area (TPSA) is 27.1 Å². The van der Waals surface area contributed by atoms with E-state index in [4.69, 9.17) is 27.9 Å². The van der Waals surface area contributed by atoms with Crippen LogP contribution in [0.2, 0.25) is 5.02 Å². The molecule has 1 atom stereocenters. The number of benzene rings is 1. The van der Waals surface area contributed by atoms with Crippen molar-refractivity contribution in [1.29, 1.82) is 0 Å². The predicted molar refractivity (Wildman–Crippen MR) is 73.1 cm³/mol. The van der Waals surface area contributed by atoms with Crippen LogP contribution in [0.4, 0.5) is 0 Å². The summed E-state index contributed by atoms with van der Waals surface area (Å²) in [4.78, 5) is 0. The summed E-state index contributed by atoms with van der Waals surface area (Å²) < 4.78 is 7.70. The zero-order valence-corrected chi connectivity index (χ0v) is 11.4. The van der Waals surface area contributed by atoms with Crippen molar-refractivity contribution < 1.29 is 4.74 Å². The Morgan fingerprint density at radius 2 is 2.28 bits per heavy atom. The molecule has 3 nitrogen and oxygen atoms in total. The van der Waals surface area contributed by atoms with Gasteiger partial charge in [-0.1, -0.05) is 11.6 Å². The highest BCUT2D eigenvalue weighted by Gasteiger charge is 2.21. The molecule has 18 heavy (non-hydrogen) atoms. The van der Waals surface area contributed by atoms with E-state index in [1.54, 1.807) is 0 Å². The smallest absolute Gasteiger partial charge is 0.150 e. The van der Waals surface area contributed by atoms with Gasteiger partial charge >= 0.3 is 0 Å². The highest BCUT2D eigenvalue weighted by molar-refractivity contribution is 6.31. The van der Waals surface area contributed by atoms with Gasteiger partial charge in [0.2, 0.25) is 0 Å². The number of hydrogen-bond acceptors (Lipinski definition) is 2. The molecule has 0 aliphatic carbocycles. The fraction of sp³-hybridized carbons (Fsp3) is 0.462. The van der Waals surface area contributed by atoms with E-state index in [1.807, 2.05) is 22.9 Å². The fourth-order valence-electron chi connectivity index (χ4n) is 2.42. The highest BCUT2D eigenvalue weighted by Crippen LogP contribution is 2.29. The van der Waals surface area contributed by atoms with Crippen LogP contribution in [-0.4, -0.2) is 16.4 Å². The summed E-state index contributed by atoms with van der Waals surface area (Å²) in [6.45, 7) is 0.795. The lowest BCUT2D eigenvalue weighted by Crippen LogP contribution is -2.20. The lowest BCUT2D eigenvalue weighted by Gasteiger charge is -2.24. The number of ether oxygens (including phenoxy) is 1. The first kappa shape index (κ1) is 12.3. The van der Waals surface area contributed by atoms with E-state index in [-0.39, 0.29) is 6.23 Å². The molecule has 2 aromatic rings. The van der Waals surface area contributed by atoms with Gasteiger partial charge in [0.25, 0.3) is 0 Å². The standard InChI is InChI=1S/C13H14Cl2N2O/c14-8-12-10-5-4-9(15)7-11(10)16-17(12)13-3-1-2-6-18-13/h4-5,7,13H,1-3,6,8H2. The van der Waals surface area contributed by atoms with Gasteiger partial charge in [0.05, 0.1) is 17.1 Å². The van der Waals surface area contributed by atoms with Gasteiger partial charge in [-0.3, -0.25) is 0 Å². The van der Waals surface area contributed by atoms with Crippen LogP contribution in [0.15, 0.2) is 18.2 Å². The van der Waals surface area contributed by atoms with Crippen molar-refractivity contribution in [1.82, 2.24) is 9.78 Å². The first-order valence-corrected chi connectivity index (χ1v) is 7.05. The Hall–Kier alpha value is -0.770. The molecule has 1 fully saturated rings. The third-order valence-corrected chi connectivity index (χ3v) is 3.81. The highest BCUT2D eigenvalue weighted by atomic mass is 35.5. The number of fused-ring (bicyclic) bond motifs is 1. The second-order valence-electron chi connectivity index (χ2n) is 4.51. The molecule has 2 heterocycles. The molecule has 5 heteroatoms. The van der Waals surface area contributed by atoms with E-state index >= 15 is 0 Å². The summed E-state index contributed by atoms with van der Waals surface area (Å²) >= 11 is 12.1. The second-order valence-corrected chi connectivity index (χ2v) is 5.21. The molecule has 0 amide bonds. The van der Waals surface area contributed by atoms with Gasteiger partial charge in [0, 0.05) is 17.0 Å². The molecule has 0 spiro atoms. The molecule has 3 rings (SSSR count). The van der Waals surface area contributed by atoms with E-state index < -0.39 is 0 Å². The van der Waals surface area contributed by atoms with E-state index in [0.717, 1.165) is 36.0 Å². The molecule has 96 valence electrons. The summed E-state index contributed by atoms with van der Waals surface area (Å²) in [6, 6.07) is 5.71. The largest absolute Gasteiger partial charge is 0.357 e. The maximum Gasteiger partial charge on any atom is 0.150 e. The molecule has 1 saturated heterocycles. The average Bonchev–Trinajstić information content (AvgIpc) is 2.77. The maximum atomic E-state index is 6.06. The van der Waals surface area contributed by atoms with Crippen LogP contribution < -0.4 is 0 Å². The fourth-order valence-corrected chi connectivity index (χ4v) is 2.85. The van der Waals surface area contributed by atoms with Crippen LogP contribution in [0, 0.1) is 0 Å². The minimum absolute atomic E-state index is 0.0127. The maximum absolute atomic E-state index is 6.06. The zero-order chi connectivity index (χ0) is 12.5. The monoisotopic (exact) mass is 284 g/mol. The number of halogens is 2. The van der Waals surface area contributed by atoms with Crippen LogP contribution in [0.3, 0.4) is 0 Å². The molecule has 1 aromatic carbocycles. The first-order valence-electron chi connectivity index (χ1n) is 6.14. The van der Waals surface area contributed by atoms with Gasteiger partial charge in [-0.05, 0) is 37.5 Å². The lowest BCUT2D eigenvalue weighted by atomic mass is 10.2. The van der Waals surface area contributed by atoms with Crippen LogP contribution >= 0.6 is 23.2 Å². The van der Waals surface area contributed by atoms with Gasteiger partial charge in [-0.25, -0.2) is 4.68 Å². The molecule has 1 aliphatic rings. The molecular formula is C13H14Cl2N2O. The van der Waals surface area contributed by atoms with Crippen molar-refractivity contribution >= 4 is 34.1 Å². The molecule has 0 bridgehead atoms. The Bertz CT molecular complexity index is 561. The van der Waals surface area contributed by atoms with Crippen LogP contribution in [0.5, 0.6) is 0 Å². The van der Waals surface area contributed by atoms with E-state index in [0.29, 0.717) is 10.9 Å². The van der Waals surface area contributed by atoms with Crippen molar-refractivity contribution in [3.8, 4) is 0 Å². The predicted octanol–water partition coefficient (Wildman–Crippen LogP) is 4.13. The zero-order valence-electron chi connectivity index (χ0n) is 9.90. The number of alkyl halides is 1. The van der Waals surface area contributed by atoms with Crippen LogP contribution in [-0.2, 0) is 10.6 Å². The second kappa shape index (κ2) is 5.08. The van der Waals surface area contributed by atoms with Crippen LogP contribution in [0.25, 0.3) is 10.9 Å². The molecule has 1 aromatic heterocycles. The van der Waals surface area contributed by atoms with Gasteiger partial charge in [0.1, 0.15) is 0 Å².